The molecule has 192 valence electrons. The van der Waals surface area contributed by atoms with Crippen molar-refractivity contribution < 1.29 is 17.9 Å². The van der Waals surface area contributed by atoms with Crippen LogP contribution in [-0.4, -0.2) is 42.1 Å². The van der Waals surface area contributed by atoms with Crippen LogP contribution in [0.2, 0.25) is 0 Å². The number of fused-ring (bicyclic) bond motifs is 1. The number of amidine groups is 1. The first-order valence-electron chi connectivity index (χ1n) is 12.1. The number of aliphatic imine (C=N–C) groups is 1. The van der Waals surface area contributed by atoms with E-state index >= 15 is 0 Å². The minimum Gasteiger partial charge on any atom is -0.493 e. The second kappa shape index (κ2) is 8.79. The minimum absolute atomic E-state index is 0.293. The van der Waals surface area contributed by atoms with Crippen molar-refractivity contribution in [3.63, 3.8) is 0 Å². The summed E-state index contributed by atoms with van der Waals surface area (Å²) >= 11 is 0. The lowest BCUT2D eigenvalue weighted by Crippen LogP contribution is -2.25. The second-order valence-corrected chi connectivity index (χ2v) is 9.13. The number of hydrogen-bond acceptors (Lipinski definition) is 6. The van der Waals surface area contributed by atoms with Gasteiger partial charge in [0.25, 0.3) is 0 Å². The van der Waals surface area contributed by atoms with Crippen molar-refractivity contribution in [1.29, 1.82) is 0 Å². The van der Waals surface area contributed by atoms with Gasteiger partial charge in [0, 0.05) is 23.9 Å². The highest BCUT2D eigenvalue weighted by Crippen LogP contribution is 2.38. The molecular formula is C25H25F3N8O. The lowest BCUT2D eigenvalue weighted by Gasteiger charge is -2.19. The third kappa shape index (κ3) is 4.25. The molecule has 1 aliphatic carbocycles. The van der Waals surface area contributed by atoms with E-state index in [2.05, 4.69) is 20.5 Å². The molecule has 1 fully saturated rings. The Morgan fingerprint density at radius 2 is 1.89 bits per heavy atom. The Kier molecular flexibility index (Phi) is 5.54. The maximum atomic E-state index is 13.2. The Bertz CT molecular complexity index is 1470. The molecule has 9 nitrogen and oxygen atoms in total. The Hall–Kier alpha value is -4.09. The molecule has 4 aromatic rings. The largest absolute Gasteiger partial charge is 0.493 e. The van der Waals surface area contributed by atoms with Gasteiger partial charge in [0.2, 0.25) is 0 Å². The molecular weight excluding hydrogens is 485 g/mol. The third-order valence-corrected chi connectivity index (χ3v) is 6.61. The fourth-order valence-corrected chi connectivity index (χ4v) is 4.53. The molecule has 2 aliphatic rings. The molecule has 1 saturated carbocycles. The van der Waals surface area contributed by atoms with Crippen molar-refractivity contribution in [2.75, 3.05) is 12.4 Å². The van der Waals surface area contributed by atoms with Crippen LogP contribution < -0.4 is 10.1 Å². The van der Waals surface area contributed by atoms with Crippen LogP contribution >= 0.6 is 0 Å². The van der Waals surface area contributed by atoms with E-state index in [0.717, 1.165) is 41.7 Å². The molecule has 12 heteroatoms. The fraction of sp³-hybridized carbons (Fsp3) is 0.360. The highest BCUT2D eigenvalue weighted by Gasteiger charge is 2.35. The van der Waals surface area contributed by atoms with Crippen LogP contribution in [0.3, 0.4) is 0 Å². The number of anilines is 1. The summed E-state index contributed by atoms with van der Waals surface area (Å²) in [5.74, 6) is 2.50. The summed E-state index contributed by atoms with van der Waals surface area (Å²) in [5.41, 5.74) is 2.49. The standard InChI is InChI=1S/C25H25F3N8O/c1-3-34-14-20(25(26,27)28)32-23(34)16-6-4-15(5-7-16)13-35-24-17(11-30-35)10-29-22(33-24)21-19(37-2)12-31-36(21)18-8-9-18/h4-7,11-12,14,18H,3,8-10,13H2,1-2H3,(H,29,33). The molecule has 0 unspecified atom stereocenters. The van der Waals surface area contributed by atoms with Gasteiger partial charge < -0.3 is 14.6 Å². The third-order valence-electron chi connectivity index (χ3n) is 6.61. The Morgan fingerprint density at radius 3 is 2.57 bits per heavy atom. The topological polar surface area (TPSA) is 87.1 Å². The molecule has 0 bridgehead atoms. The summed E-state index contributed by atoms with van der Waals surface area (Å²) < 4.78 is 50.4. The zero-order chi connectivity index (χ0) is 25.7. The number of alkyl halides is 3. The van der Waals surface area contributed by atoms with Gasteiger partial charge in [-0.2, -0.15) is 23.4 Å². The van der Waals surface area contributed by atoms with Gasteiger partial charge in [-0.3, -0.25) is 9.67 Å². The van der Waals surface area contributed by atoms with Crippen molar-refractivity contribution in [3.8, 4) is 17.1 Å². The molecule has 3 aromatic heterocycles. The van der Waals surface area contributed by atoms with Gasteiger partial charge >= 0.3 is 6.18 Å². The van der Waals surface area contributed by atoms with Gasteiger partial charge in [-0.15, -0.1) is 0 Å². The number of imidazole rings is 1. The summed E-state index contributed by atoms with van der Waals surface area (Å²) in [4.78, 5) is 8.55. The number of rotatable bonds is 7. The van der Waals surface area contributed by atoms with Crippen LogP contribution in [0.25, 0.3) is 11.4 Å². The molecule has 1 N–H and O–H groups in total. The minimum atomic E-state index is -4.48. The SMILES string of the molecule is CCn1cc(C(F)(F)F)nc1-c1ccc(Cn2ncc3c2NC(c2c(OC)cnn2C2CC2)=NC3)cc1. The molecule has 0 amide bonds. The predicted octanol–water partition coefficient (Wildman–Crippen LogP) is 4.75. The molecule has 6 rings (SSSR count). The van der Waals surface area contributed by atoms with Crippen molar-refractivity contribution in [2.45, 2.75) is 51.6 Å². The van der Waals surface area contributed by atoms with Crippen molar-refractivity contribution >= 4 is 11.7 Å². The zero-order valence-corrected chi connectivity index (χ0v) is 20.3. The highest BCUT2D eigenvalue weighted by molar-refractivity contribution is 6.09. The number of nitrogens with zero attached hydrogens (tertiary/aromatic N) is 7. The molecule has 0 spiro atoms. The van der Waals surface area contributed by atoms with E-state index in [1.165, 1.54) is 4.57 Å². The monoisotopic (exact) mass is 510 g/mol. The maximum Gasteiger partial charge on any atom is 0.434 e. The zero-order valence-electron chi connectivity index (χ0n) is 20.3. The van der Waals surface area contributed by atoms with E-state index in [9.17, 15) is 13.2 Å². The van der Waals surface area contributed by atoms with Gasteiger partial charge in [-0.25, -0.2) is 9.67 Å². The Morgan fingerprint density at radius 1 is 1.11 bits per heavy atom. The smallest absolute Gasteiger partial charge is 0.434 e. The van der Waals surface area contributed by atoms with Crippen LogP contribution in [0.5, 0.6) is 5.75 Å². The van der Waals surface area contributed by atoms with Gasteiger partial charge in [0.05, 0.1) is 38.6 Å². The molecule has 37 heavy (non-hydrogen) atoms. The number of hydrogen-bond donors (Lipinski definition) is 1. The average molecular weight is 511 g/mol. The molecule has 1 aromatic carbocycles. The summed E-state index contributed by atoms with van der Waals surface area (Å²) in [5, 5.41) is 12.5. The van der Waals surface area contributed by atoms with Gasteiger partial charge in [0.1, 0.15) is 17.3 Å². The van der Waals surface area contributed by atoms with Crippen molar-refractivity contribution in [2.24, 2.45) is 4.99 Å². The van der Waals surface area contributed by atoms with E-state index in [1.807, 2.05) is 21.5 Å². The number of nitrogens with one attached hydrogen (secondary N) is 1. The number of benzene rings is 1. The maximum absolute atomic E-state index is 13.2. The van der Waals surface area contributed by atoms with Crippen LogP contribution in [0, 0.1) is 0 Å². The lowest BCUT2D eigenvalue weighted by atomic mass is 10.1. The number of aromatic nitrogens is 6. The van der Waals surface area contributed by atoms with E-state index < -0.39 is 11.9 Å². The van der Waals surface area contributed by atoms with Crippen LogP contribution in [0.4, 0.5) is 19.0 Å². The number of aryl methyl sites for hydroxylation is 1. The summed E-state index contributed by atoms with van der Waals surface area (Å²) in [6.07, 6.45) is 2.25. The van der Waals surface area contributed by atoms with Crippen LogP contribution in [-0.2, 0) is 25.8 Å². The first kappa shape index (κ1) is 23.3. The molecule has 4 heterocycles. The van der Waals surface area contributed by atoms with E-state index in [-0.39, 0.29) is 0 Å². The second-order valence-electron chi connectivity index (χ2n) is 9.13. The van der Waals surface area contributed by atoms with Crippen molar-refractivity contribution in [1.82, 2.24) is 29.1 Å². The normalized spacial score (nSPS) is 15.3. The summed E-state index contributed by atoms with van der Waals surface area (Å²) in [6.45, 7) is 3.14. The molecule has 0 saturated heterocycles. The van der Waals surface area contributed by atoms with Crippen molar-refractivity contribution in [3.05, 3.63) is 65.4 Å². The quantitative estimate of drug-likeness (QED) is 0.388. The predicted molar refractivity (Wildman–Crippen MR) is 131 cm³/mol. The van der Waals surface area contributed by atoms with Crippen LogP contribution in [0.1, 0.15) is 48.3 Å². The Labute approximate surface area is 210 Å². The fourth-order valence-electron chi connectivity index (χ4n) is 4.53. The molecule has 0 atom stereocenters. The van der Waals surface area contributed by atoms with Gasteiger partial charge in [-0.1, -0.05) is 24.3 Å². The Balaban J connectivity index is 1.23. The average Bonchev–Trinajstić information content (AvgIpc) is 3.31. The highest BCUT2D eigenvalue weighted by atomic mass is 19.4. The summed E-state index contributed by atoms with van der Waals surface area (Å²) in [7, 11) is 1.62. The van der Waals surface area contributed by atoms with E-state index in [4.69, 9.17) is 9.73 Å². The first-order valence-corrected chi connectivity index (χ1v) is 12.1. The number of methoxy groups -OCH3 is 1. The lowest BCUT2D eigenvalue weighted by molar-refractivity contribution is -0.140. The van der Waals surface area contributed by atoms with Gasteiger partial charge in [-0.05, 0) is 25.3 Å². The van der Waals surface area contributed by atoms with E-state index in [1.54, 1.807) is 38.6 Å². The molecule has 1 aliphatic heterocycles. The van der Waals surface area contributed by atoms with Crippen LogP contribution in [0.15, 0.2) is 47.8 Å². The van der Waals surface area contributed by atoms with Gasteiger partial charge in [0.15, 0.2) is 17.3 Å². The van der Waals surface area contributed by atoms with E-state index in [0.29, 0.717) is 48.6 Å². The first-order chi connectivity index (χ1) is 17.9. The number of halogens is 3. The molecule has 0 radical (unpaired) electrons. The number of ether oxygens (including phenoxy) is 1. The summed E-state index contributed by atoms with van der Waals surface area (Å²) in [6, 6.07) is 7.71.